The minimum atomic E-state index is -3.63. The topological polar surface area (TPSA) is 64.0 Å². The highest BCUT2D eigenvalue weighted by Gasteiger charge is 2.29. The van der Waals surface area contributed by atoms with E-state index in [9.17, 15) is 8.42 Å². The standard InChI is InChI=1S/C24H33N3O2S2/c1-16(2)14-21-17(3)22(23(30-21)31(28,29)26-24(5,6)7)20-10-8-19(9-11-20)15-27-13-12-25-18(27)4/h8-13,16,26H,14-15H2,1-7H3. The zero-order valence-electron chi connectivity index (χ0n) is 19.5. The molecule has 0 aliphatic rings. The van der Waals surface area contributed by atoms with Crippen molar-refractivity contribution in [2.75, 3.05) is 0 Å². The molecule has 0 radical (unpaired) electrons. The Kier molecular flexibility index (Phi) is 6.79. The maximum absolute atomic E-state index is 13.3. The molecule has 7 heteroatoms. The Labute approximate surface area is 190 Å². The van der Waals surface area contributed by atoms with Crippen molar-refractivity contribution in [1.82, 2.24) is 14.3 Å². The zero-order chi connectivity index (χ0) is 23.0. The van der Waals surface area contributed by atoms with Crippen molar-refractivity contribution in [2.45, 2.75) is 71.2 Å². The minimum Gasteiger partial charge on any atom is -0.331 e. The van der Waals surface area contributed by atoms with E-state index in [1.54, 1.807) is 6.20 Å². The van der Waals surface area contributed by atoms with Gasteiger partial charge < -0.3 is 4.57 Å². The number of nitrogens with one attached hydrogen (secondary N) is 1. The highest BCUT2D eigenvalue weighted by atomic mass is 32.2. The second-order valence-electron chi connectivity index (χ2n) is 9.57. The van der Waals surface area contributed by atoms with E-state index in [2.05, 4.69) is 40.3 Å². The molecule has 0 saturated heterocycles. The molecule has 5 nitrogen and oxygen atoms in total. The number of nitrogens with zero attached hydrogens (tertiary/aromatic N) is 2. The van der Waals surface area contributed by atoms with Crippen LogP contribution in [0.2, 0.25) is 0 Å². The van der Waals surface area contributed by atoms with Gasteiger partial charge in [-0.05, 0) is 63.6 Å². The van der Waals surface area contributed by atoms with Gasteiger partial charge in [-0.25, -0.2) is 18.1 Å². The summed E-state index contributed by atoms with van der Waals surface area (Å²) in [6.07, 6.45) is 4.63. The summed E-state index contributed by atoms with van der Waals surface area (Å²) >= 11 is 1.40. The molecular formula is C24H33N3O2S2. The molecule has 0 unspecified atom stereocenters. The Morgan fingerprint density at radius 1 is 1.13 bits per heavy atom. The van der Waals surface area contributed by atoms with Crippen LogP contribution in [-0.2, 0) is 23.0 Å². The lowest BCUT2D eigenvalue weighted by Crippen LogP contribution is -2.40. The van der Waals surface area contributed by atoms with Crippen LogP contribution in [0.15, 0.2) is 40.9 Å². The van der Waals surface area contributed by atoms with Crippen molar-refractivity contribution in [3.63, 3.8) is 0 Å². The van der Waals surface area contributed by atoms with Gasteiger partial charge in [0, 0.05) is 34.9 Å². The lowest BCUT2D eigenvalue weighted by atomic mass is 9.99. The van der Waals surface area contributed by atoms with Crippen LogP contribution in [-0.4, -0.2) is 23.5 Å². The lowest BCUT2D eigenvalue weighted by Gasteiger charge is -2.20. The number of aryl methyl sites for hydroxylation is 1. The van der Waals surface area contributed by atoms with Gasteiger partial charge >= 0.3 is 0 Å². The van der Waals surface area contributed by atoms with Gasteiger partial charge in [-0.15, -0.1) is 11.3 Å². The molecular weight excluding hydrogens is 426 g/mol. The van der Waals surface area contributed by atoms with Crippen molar-refractivity contribution < 1.29 is 8.42 Å². The average molecular weight is 460 g/mol. The Morgan fingerprint density at radius 2 is 1.77 bits per heavy atom. The summed E-state index contributed by atoms with van der Waals surface area (Å²) in [7, 11) is -3.63. The first-order chi connectivity index (χ1) is 14.4. The number of aromatic nitrogens is 2. The molecule has 0 aliphatic carbocycles. The first kappa shape index (κ1) is 23.7. The normalized spacial score (nSPS) is 12.6. The molecule has 31 heavy (non-hydrogen) atoms. The number of rotatable bonds is 7. The van der Waals surface area contributed by atoms with Gasteiger partial charge in [0.2, 0.25) is 0 Å². The molecule has 0 saturated carbocycles. The predicted octanol–water partition coefficient (Wildman–Crippen LogP) is 5.55. The molecule has 1 N–H and O–H groups in total. The van der Waals surface area contributed by atoms with E-state index in [0.29, 0.717) is 10.1 Å². The molecule has 0 atom stereocenters. The van der Waals surface area contributed by atoms with Gasteiger partial charge in [0.05, 0.1) is 0 Å². The third-order valence-corrected chi connectivity index (χ3v) is 8.60. The molecule has 0 bridgehead atoms. The molecule has 168 valence electrons. The van der Waals surface area contributed by atoms with E-state index >= 15 is 0 Å². The second kappa shape index (κ2) is 8.88. The highest BCUT2D eigenvalue weighted by molar-refractivity contribution is 7.91. The van der Waals surface area contributed by atoms with Crippen LogP contribution >= 0.6 is 11.3 Å². The van der Waals surface area contributed by atoms with E-state index in [1.165, 1.54) is 11.3 Å². The molecule has 3 rings (SSSR count). The van der Waals surface area contributed by atoms with E-state index < -0.39 is 15.6 Å². The largest absolute Gasteiger partial charge is 0.331 e. The summed E-state index contributed by atoms with van der Waals surface area (Å²) in [5.74, 6) is 1.43. The summed E-state index contributed by atoms with van der Waals surface area (Å²) in [5, 5.41) is 0. The Morgan fingerprint density at radius 3 is 2.29 bits per heavy atom. The number of benzene rings is 1. The summed E-state index contributed by atoms with van der Waals surface area (Å²) in [6.45, 7) is 14.7. The van der Waals surface area contributed by atoms with Crippen LogP contribution in [0, 0.1) is 19.8 Å². The number of thiophene rings is 1. The van der Waals surface area contributed by atoms with Crippen LogP contribution in [0.5, 0.6) is 0 Å². The minimum absolute atomic E-state index is 0.411. The Hall–Kier alpha value is -1.96. The van der Waals surface area contributed by atoms with E-state index in [1.807, 2.05) is 52.9 Å². The van der Waals surface area contributed by atoms with E-state index in [0.717, 1.165) is 45.9 Å². The van der Waals surface area contributed by atoms with Gasteiger partial charge in [-0.1, -0.05) is 38.1 Å². The maximum Gasteiger partial charge on any atom is 0.251 e. The SMILES string of the molecule is Cc1c(CC(C)C)sc(S(=O)(=O)NC(C)(C)C)c1-c1ccc(Cn2ccnc2C)cc1. The van der Waals surface area contributed by atoms with Crippen molar-refractivity contribution in [3.05, 3.63) is 58.5 Å². The van der Waals surface area contributed by atoms with Gasteiger partial charge in [-0.3, -0.25) is 0 Å². The van der Waals surface area contributed by atoms with Crippen LogP contribution in [0.3, 0.4) is 0 Å². The van der Waals surface area contributed by atoms with E-state index in [4.69, 9.17) is 0 Å². The Balaban J connectivity index is 2.04. The third kappa shape index (κ3) is 5.64. The predicted molar refractivity (Wildman–Crippen MR) is 129 cm³/mol. The second-order valence-corrected chi connectivity index (χ2v) is 12.5. The number of hydrogen-bond donors (Lipinski definition) is 1. The van der Waals surface area contributed by atoms with Crippen LogP contribution < -0.4 is 4.72 Å². The molecule has 0 amide bonds. The summed E-state index contributed by atoms with van der Waals surface area (Å²) < 4.78 is 31.9. The van der Waals surface area contributed by atoms with Gasteiger partial charge in [-0.2, -0.15) is 0 Å². The van der Waals surface area contributed by atoms with Crippen LogP contribution in [0.1, 0.15) is 56.4 Å². The number of sulfonamides is 1. The fourth-order valence-electron chi connectivity index (χ4n) is 3.61. The molecule has 2 aromatic heterocycles. The van der Waals surface area contributed by atoms with Crippen molar-refractivity contribution in [2.24, 2.45) is 5.92 Å². The smallest absolute Gasteiger partial charge is 0.251 e. The van der Waals surface area contributed by atoms with Gasteiger partial charge in [0.1, 0.15) is 10.0 Å². The molecule has 0 spiro atoms. The molecule has 0 aliphatic heterocycles. The van der Waals surface area contributed by atoms with Crippen molar-refractivity contribution in [3.8, 4) is 11.1 Å². The van der Waals surface area contributed by atoms with Crippen LogP contribution in [0.25, 0.3) is 11.1 Å². The average Bonchev–Trinajstić information content (AvgIpc) is 3.18. The maximum atomic E-state index is 13.3. The number of imidazole rings is 1. The molecule has 2 heterocycles. The summed E-state index contributed by atoms with van der Waals surface area (Å²) in [5.41, 5.74) is 3.43. The first-order valence-corrected chi connectivity index (χ1v) is 12.9. The third-order valence-electron chi connectivity index (χ3n) is 5.01. The van der Waals surface area contributed by atoms with Crippen LogP contribution in [0.4, 0.5) is 0 Å². The fourth-order valence-corrected chi connectivity index (χ4v) is 7.19. The summed E-state index contributed by atoms with van der Waals surface area (Å²) in [4.78, 5) is 5.41. The van der Waals surface area contributed by atoms with Gasteiger partial charge in [0.15, 0.2) is 0 Å². The summed E-state index contributed by atoms with van der Waals surface area (Å²) in [6, 6.07) is 8.21. The monoisotopic (exact) mass is 459 g/mol. The molecule has 3 aromatic rings. The van der Waals surface area contributed by atoms with Crippen molar-refractivity contribution >= 4 is 21.4 Å². The fraction of sp³-hybridized carbons (Fsp3) is 0.458. The molecule has 1 aromatic carbocycles. The Bertz CT molecular complexity index is 1150. The number of hydrogen-bond acceptors (Lipinski definition) is 4. The first-order valence-electron chi connectivity index (χ1n) is 10.6. The van der Waals surface area contributed by atoms with Crippen molar-refractivity contribution in [1.29, 1.82) is 0 Å². The quantitative estimate of drug-likeness (QED) is 0.504. The highest BCUT2D eigenvalue weighted by Crippen LogP contribution is 2.40. The zero-order valence-corrected chi connectivity index (χ0v) is 21.1. The van der Waals surface area contributed by atoms with E-state index in [-0.39, 0.29) is 0 Å². The lowest BCUT2D eigenvalue weighted by molar-refractivity contribution is 0.492. The molecule has 0 fully saturated rings. The van der Waals surface area contributed by atoms with Gasteiger partial charge in [0.25, 0.3) is 10.0 Å².